The van der Waals surface area contributed by atoms with Crippen LogP contribution in [0.15, 0.2) is 61.0 Å². The van der Waals surface area contributed by atoms with E-state index in [2.05, 4.69) is 25.0 Å². The molecule has 0 radical (unpaired) electrons. The molecule has 0 spiro atoms. The minimum absolute atomic E-state index is 0.0838. The number of anilines is 2. The van der Waals surface area contributed by atoms with E-state index >= 15 is 0 Å². The first-order valence-corrected chi connectivity index (χ1v) is 10.1. The molecule has 0 aliphatic carbocycles. The average Bonchev–Trinajstić information content (AvgIpc) is 3.43. The molecular formula is C21H17N5O8. The fourth-order valence-electron chi connectivity index (χ4n) is 3.61. The predicted octanol–water partition coefficient (Wildman–Crippen LogP) is 0.196. The molecule has 2 aromatic heterocycles. The van der Waals surface area contributed by atoms with Crippen LogP contribution in [0.1, 0.15) is 0 Å². The van der Waals surface area contributed by atoms with E-state index in [1.54, 1.807) is 24.3 Å². The topological polar surface area (TPSA) is 184 Å². The summed E-state index contributed by atoms with van der Waals surface area (Å²) in [4.78, 5) is 54.3. The molecular weight excluding hydrogens is 450 g/mol. The number of rotatable bonds is 5. The number of amides is 2. The molecule has 174 valence electrons. The molecule has 5 rings (SSSR count). The summed E-state index contributed by atoms with van der Waals surface area (Å²) in [5.41, 5.74) is 2.07. The Morgan fingerprint density at radius 3 is 2.65 bits per heavy atom. The Morgan fingerprint density at radius 2 is 1.91 bits per heavy atom. The lowest BCUT2D eigenvalue weighted by Crippen LogP contribution is -2.55. The summed E-state index contributed by atoms with van der Waals surface area (Å²) < 4.78 is 14.9. The maximum absolute atomic E-state index is 13.0. The van der Waals surface area contributed by atoms with Crippen molar-refractivity contribution in [1.82, 2.24) is 15.1 Å². The van der Waals surface area contributed by atoms with Crippen LogP contribution in [0, 0.1) is 0 Å². The van der Waals surface area contributed by atoms with Gasteiger partial charge < -0.3 is 24.5 Å². The van der Waals surface area contributed by atoms with E-state index in [1.165, 1.54) is 23.1 Å². The normalized spacial score (nSPS) is 17.1. The van der Waals surface area contributed by atoms with Crippen molar-refractivity contribution in [3.8, 4) is 11.4 Å². The third-order valence-electron chi connectivity index (χ3n) is 5.26. The molecule has 1 saturated heterocycles. The highest BCUT2D eigenvalue weighted by Gasteiger charge is 2.39. The van der Waals surface area contributed by atoms with Gasteiger partial charge in [-0.1, -0.05) is 5.16 Å². The monoisotopic (exact) mass is 467 g/mol. The standard InChI is InChI=1S/C21H17N5O8/c27-15(18(28)22-11-3-1-10(2-4-11)17-24-21(31)34-25-17)16-19(29)26(7-8-32-16)12-5-6-13-14(9-12)33-20(30)23-13/h1-6,9,15-16,27H,7-8H2,(H,22,28)(H,23,30)(H,24,25,31)/t15-,16-/m1/s1. The molecule has 2 aromatic carbocycles. The molecule has 4 N–H and O–H groups in total. The van der Waals surface area contributed by atoms with Gasteiger partial charge in [0.2, 0.25) is 0 Å². The van der Waals surface area contributed by atoms with Gasteiger partial charge in [-0.2, -0.15) is 0 Å². The fraction of sp³-hybridized carbons (Fsp3) is 0.190. The Hall–Kier alpha value is -4.49. The molecule has 2 atom stereocenters. The van der Waals surface area contributed by atoms with Crippen LogP contribution in [0.25, 0.3) is 22.5 Å². The number of carbonyl (C=O) groups excluding carboxylic acids is 2. The van der Waals surface area contributed by atoms with E-state index in [9.17, 15) is 24.3 Å². The average molecular weight is 467 g/mol. The Morgan fingerprint density at radius 1 is 1.12 bits per heavy atom. The molecule has 1 aliphatic heterocycles. The molecule has 0 unspecified atom stereocenters. The molecule has 1 aliphatic rings. The lowest BCUT2D eigenvalue weighted by molar-refractivity contribution is -0.150. The van der Waals surface area contributed by atoms with Gasteiger partial charge in [0.25, 0.3) is 11.8 Å². The highest BCUT2D eigenvalue weighted by Crippen LogP contribution is 2.24. The minimum atomic E-state index is -1.78. The van der Waals surface area contributed by atoms with Gasteiger partial charge in [0.1, 0.15) is 0 Å². The van der Waals surface area contributed by atoms with Crippen molar-refractivity contribution >= 4 is 34.3 Å². The van der Waals surface area contributed by atoms with Crippen LogP contribution < -0.4 is 21.7 Å². The van der Waals surface area contributed by atoms with Crippen molar-refractivity contribution in [3.63, 3.8) is 0 Å². The molecule has 3 heterocycles. The summed E-state index contributed by atoms with van der Waals surface area (Å²) in [5.74, 6) is -2.54. The smallest absolute Gasteiger partial charge is 0.408 e. The summed E-state index contributed by atoms with van der Waals surface area (Å²) in [6.45, 7) is 0.274. The number of ether oxygens (including phenoxy) is 1. The zero-order valence-electron chi connectivity index (χ0n) is 17.3. The fourth-order valence-corrected chi connectivity index (χ4v) is 3.61. The number of oxazole rings is 1. The lowest BCUT2D eigenvalue weighted by Gasteiger charge is -2.34. The largest absolute Gasteiger partial charge is 0.439 e. The molecule has 4 aromatic rings. The number of morpholine rings is 1. The summed E-state index contributed by atoms with van der Waals surface area (Å²) in [5, 5.41) is 16.6. The maximum Gasteiger partial charge on any atom is 0.439 e. The Bertz CT molecular complexity index is 1480. The summed E-state index contributed by atoms with van der Waals surface area (Å²) in [6, 6.07) is 10.9. The quantitative estimate of drug-likeness (QED) is 0.318. The van der Waals surface area contributed by atoms with Gasteiger partial charge in [-0.25, -0.2) is 9.59 Å². The molecule has 34 heavy (non-hydrogen) atoms. The van der Waals surface area contributed by atoms with Crippen LogP contribution in [-0.4, -0.2) is 57.4 Å². The third kappa shape index (κ3) is 4.00. The number of nitrogens with one attached hydrogen (secondary N) is 3. The summed E-state index contributed by atoms with van der Waals surface area (Å²) in [6.07, 6.45) is -3.21. The number of hydrogen-bond donors (Lipinski definition) is 4. The summed E-state index contributed by atoms with van der Waals surface area (Å²) >= 11 is 0. The highest BCUT2D eigenvalue weighted by molar-refractivity contribution is 6.04. The van der Waals surface area contributed by atoms with Crippen molar-refractivity contribution < 1.29 is 28.4 Å². The first kappa shape index (κ1) is 21.4. The number of fused-ring (bicyclic) bond motifs is 1. The number of hydrogen-bond acceptors (Lipinski definition) is 9. The van der Waals surface area contributed by atoms with Crippen molar-refractivity contribution in [2.45, 2.75) is 12.2 Å². The maximum atomic E-state index is 13.0. The van der Waals surface area contributed by atoms with Crippen molar-refractivity contribution in [3.05, 3.63) is 63.6 Å². The Labute approximate surface area is 188 Å². The van der Waals surface area contributed by atoms with E-state index in [0.717, 1.165) is 0 Å². The number of carbonyl (C=O) groups is 2. The SMILES string of the molecule is O=C(Nc1ccc(-c2noc(=O)[nH]2)cc1)[C@H](O)[C@H]1OCCN(c2ccc3[nH]c(=O)oc3c2)C1=O. The van der Waals surface area contributed by atoms with Crippen LogP contribution >= 0.6 is 0 Å². The van der Waals surface area contributed by atoms with Gasteiger partial charge >= 0.3 is 11.5 Å². The van der Waals surface area contributed by atoms with Crippen LogP contribution in [0.3, 0.4) is 0 Å². The number of nitrogens with zero attached hydrogens (tertiary/aromatic N) is 2. The second-order valence-electron chi connectivity index (χ2n) is 7.43. The van der Waals surface area contributed by atoms with Crippen molar-refractivity contribution in [1.29, 1.82) is 0 Å². The van der Waals surface area contributed by atoms with Crippen molar-refractivity contribution in [2.75, 3.05) is 23.4 Å². The van der Waals surface area contributed by atoms with Gasteiger partial charge in [0, 0.05) is 29.5 Å². The van der Waals surface area contributed by atoms with Gasteiger partial charge in [-0.15, -0.1) is 0 Å². The molecule has 0 bridgehead atoms. The van der Waals surface area contributed by atoms with Crippen LogP contribution in [0.2, 0.25) is 0 Å². The molecule has 13 nitrogen and oxygen atoms in total. The number of aliphatic hydroxyl groups excluding tert-OH is 1. The minimum Gasteiger partial charge on any atom is -0.408 e. The second-order valence-corrected chi connectivity index (χ2v) is 7.43. The van der Waals surface area contributed by atoms with Crippen LogP contribution in [-0.2, 0) is 14.3 Å². The molecule has 0 saturated carbocycles. The number of aromatic amines is 2. The van der Waals surface area contributed by atoms with Crippen LogP contribution in [0.5, 0.6) is 0 Å². The van der Waals surface area contributed by atoms with E-state index in [0.29, 0.717) is 22.5 Å². The lowest BCUT2D eigenvalue weighted by atomic mass is 10.1. The zero-order chi connectivity index (χ0) is 23.8. The Balaban J connectivity index is 1.28. The third-order valence-corrected chi connectivity index (χ3v) is 5.26. The first-order chi connectivity index (χ1) is 16.4. The predicted molar refractivity (Wildman–Crippen MR) is 116 cm³/mol. The van der Waals surface area contributed by atoms with Gasteiger partial charge in [-0.3, -0.25) is 24.1 Å². The zero-order valence-corrected chi connectivity index (χ0v) is 17.3. The highest BCUT2D eigenvalue weighted by atomic mass is 16.5. The van der Waals surface area contributed by atoms with Gasteiger partial charge in [0.15, 0.2) is 23.6 Å². The Kier molecular flexibility index (Phi) is 5.31. The molecule has 13 heteroatoms. The molecule has 2 amide bonds. The van der Waals surface area contributed by atoms with E-state index in [1.807, 2.05) is 0 Å². The van der Waals surface area contributed by atoms with Crippen LogP contribution in [0.4, 0.5) is 11.4 Å². The second kappa shape index (κ2) is 8.46. The number of H-pyrrole nitrogens is 2. The van der Waals surface area contributed by atoms with E-state index in [4.69, 9.17) is 9.15 Å². The van der Waals surface area contributed by atoms with E-state index < -0.39 is 35.5 Å². The van der Waals surface area contributed by atoms with Gasteiger partial charge in [-0.05, 0) is 36.4 Å². The van der Waals surface area contributed by atoms with E-state index in [-0.39, 0.29) is 24.6 Å². The molecule has 1 fully saturated rings. The van der Waals surface area contributed by atoms with Gasteiger partial charge in [0.05, 0.1) is 12.1 Å². The summed E-state index contributed by atoms with van der Waals surface area (Å²) in [7, 11) is 0. The number of aliphatic hydroxyl groups is 1. The first-order valence-electron chi connectivity index (χ1n) is 10.1. The number of benzene rings is 2. The number of aromatic nitrogens is 3. The van der Waals surface area contributed by atoms with Crippen molar-refractivity contribution in [2.24, 2.45) is 0 Å².